The first kappa shape index (κ1) is 14.0. The number of nitrogens with zero attached hydrogens (tertiary/aromatic N) is 2. The lowest BCUT2D eigenvalue weighted by atomic mass is 10.2. The van der Waals surface area contributed by atoms with E-state index in [0.717, 1.165) is 16.9 Å². The number of hydrogen-bond acceptors (Lipinski definition) is 2. The zero-order valence-corrected chi connectivity index (χ0v) is 12.9. The summed E-state index contributed by atoms with van der Waals surface area (Å²) in [6.45, 7) is 1.93. The Hall–Kier alpha value is -1.97. The van der Waals surface area contributed by atoms with Crippen molar-refractivity contribution < 1.29 is 0 Å². The smallest absolute Gasteiger partial charge is 0.212 e. The number of aromatic nitrogens is 2. The molecule has 0 saturated carbocycles. The highest BCUT2D eigenvalue weighted by Gasteiger charge is 2.11. The number of para-hydroxylation sites is 1. The minimum Gasteiger partial charge on any atom is -0.325 e. The summed E-state index contributed by atoms with van der Waals surface area (Å²) in [5.74, 6) is 0.683. The maximum atomic E-state index is 6.33. The average molecular weight is 318 g/mol. The summed E-state index contributed by atoms with van der Waals surface area (Å²) in [6.07, 6.45) is 3.56. The highest BCUT2D eigenvalue weighted by molar-refractivity contribution is 6.35. The van der Waals surface area contributed by atoms with Crippen LogP contribution in [0.15, 0.2) is 54.9 Å². The molecule has 0 saturated heterocycles. The van der Waals surface area contributed by atoms with E-state index in [9.17, 15) is 0 Å². The third kappa shape index (κ3) is 2.89. The summed E-state index contributed by atoms with van der Waals surface area (Å²) in [7, 11) is 0. The van der Waals surface area contributed by atoms with Crippen molar-refractivity contribution >= 4 is 34.8 Å². The SMILES string of the molecule is Cc1cc(Cl)c(-n2ccnc2Nc2ccccc2)cc1Cl. The molecule has 0 aliphatic rings. The standard InChI is InChI=1S/C16H13Cl2N3/c1-11-9-14(18)15(10-13(11)17)21-8-7-19-16(21)20-12-5-3-2-4-6-12/h2-10H,1H3,(H,19,20). The molecule has 3 nitrogen and oxygen atoms in total. The van der Waals surface area contributed by atoms with Crippen LogP contribution in [0.4, 0.5) is 11.6 Å². The van der Waals surface area contributed by atoms with E-state index >= 15 is 0 Å². The maximum absolute atomic E-state index is 6.33. The monoisotopic (exact) mass is 317 g/mol. The number of aryl methyl sites for hydroxylation is 1. The number of nitrogens with one attached hydrogen (secondary N) is 1. The van der Waals surface area contributed by atoms with E-state index in [2.05, 4.69) is 10.3 Å². The molecule has 5 heteroatoms. The Morgan fingerprint density at radius 3 is 2.57 bits per heavy atom. The van der Waals surface area contributed by atoms with Crippen molar-refractivity contribution in [1.29, 1.82) is 0 Å². The van der Waals surface area contributed by atoms with Gasteiger partial charge in [0.05, 0.1) is 10.7 Å². The second-order valence-electron chi connectivity index (χ2n) is 4.66. The van der Waals surface area contributed by atoms with Gasteiger partial charge in [0.2, 0.25) is 5.95 Å². The fourth-order valence-electron chi connectivity index (χ4n) is 2.06. The van der Waals surface area contributed by atoms with E-state index in [1.54, 1.807) is 6.20 Å². The first-order valence-corrected chi connectivity index (χ1v) is 7.22. The lowest BCUT2D eigenvalue weighted by molar-refractivity contribution is 1.06. The minimum atomic E-state index is 0.631. The van der Waals surface area contributed by atoms with Crippen LogP contribution in [0.25, 0.3) is 5.69 Å². The van der Waals surface area contributed by atoms with Gasteiger partial charge in [0.15, 0.2) is 0 Å². The van der Waals surface area contributed by atoms with Gasteiger partial charge in [-0.25, -0.2) is 4.98 Å². The Morgan fingerprint density at radius 2 is 1.81 bits per heavy atom. The van der Waals surface area contributed by atoms with Crippen molar-refractivity contribution in [1.82, 2.24) is 9.55 Å². The highest BCUT2D eigenvalue weighted by Crippen LogP contribution is 2.30. The second kappa shape index (κ2) is 5.80. The lowest BCUT2D eigenvalue weighted by Gasteiger charge is -2.12. The number of anilines is 2. The Labute approximate surface area is 133 Å². The molecule has 0 bridgehead atoms. The summed E-state index contributed by atoms with van der Waals surface area (Å²) >= 11 is 12.5. The van der Waals surface area contributed by atoms with Crippen LogP contribution in [0.1, 0.15) is 5.56 Å². The van der Waals surface area contributed by atoms with Crippen LogP contribution in [-0.2, 0) is 0 Å². The fraction of sp³-hybridized carbons (Fsp3) is 0.0625. The zero-order chi connectivity index (χ0) is 14.8. The lowest BCUT2D eigenvalue weighted by Crippen LogP contribution is -2.02. The molecule has 21 heavy (non-hydrogen) atoms. The van der Waals surface area contributed by atoms with Crippen molar-refractivity contribution in [3.05, 3.63) is 70.5 Å². The number of hydrogen-bond donors (Lipinski definition) is 1. The van der Waals surface area contributed by atoms with Crippen LogP contribution in [-0.4, -0.2) is 9.55 Å². The van der Waals surface area contributed by atoms with Gasteiger partial charge in [0.1, 0.15) is 0 Å². The zero-order valence-electron chi connectivity index (χ0n) is 11.3. The normalized spacial score (nSPS) is 10.6. The van der Waals surface area contributed by atoms with E-state index in [-0.39, 0.29) is 0 Å². The highest BCUT2D eigenvalue weighted by atomic mass is 35.5. The molecule has 1 heterocycles. The van der Waals surface area contributed by atoms with Gasteiger partial charge in [0.25, 0.3) is 0 Å². The molecular weight excluding hydrogens is 305 g/mol. The van der Waals surface area contributed by atoms with Crippen molar-refractivity contribution in [2.45, 2.75) is 6.92 Å². The molecule has 1 N–H and O–H groups in total. The number of imidazole rings is 1. The van der Waals surface area contributed by atoms with E-state index in [1.165, 1.54) is 0 Å². The first-order chi connectivity index (χ1) is 10.1. The molecule has 0 aliphatic heterocycles. The number of benzene rings is 2. The molecule has 1 aromatic heterocycles. The molecule has 0 amide bonds. The van der Waals surface area contributed by atoms with E-state index in [1.807, 2.05) is 60.2 Å². The molecule has 0 radical (unpaired) electrons. The predicted molar refractivity (Wildman–Crippen MR) is 88.0 cm³/mol. The van der Waals surface area contributed by atoms with Crippen LogP contribution in [0.3, 0.4) is 0 Å². The van der Waals surface area contributed by atoms with Crippen molar-refractivity contribution in [2.75, 3.05) is 5.32 Å². The first-order valence-electron chi connectivity index (χ1n) is 6.46. The molecule has 0 aliphatic carbocycles. The molecule has 3 rings (SSSR count). The van der Waals surface area contributed by atoms with Crippen LogP contribution in [0.2, 0.25) is 10.0 Å². The van der Waals surface area contributed by atoms with Crippen LogP contribution >= 0.6 is 23.2 Å². The van der Waals surface area contributed by atoms with Gasteiger partial charge in [0, 0.05) is 23.1 Å². The van der Waals surface area contributed by atoms with Crippen molar-refractivity contribution in [2.24, 2.45) is 0 Å². The van der Waals surface area contributed by atoms with Gasteiger partial charge in [-0.1, -0.05) is 41.4 Å². The van der Waals surface area contributed by atoms with E-state index < -0.39 is 0 Å². The van der Waals surface area contributed by atoms with Crippen LogP contribution in [0, 0.1) is 6.92 Å². The Bertz CT molecular complexity index is 766. The third-order valence-corrected chi connectivity index (χ3v) is 3.87. The van der Waals surface area contributed by atoms with Crippen molar-refractivity contribution in [3.63, 3.8) is 0 Å². The summed E-state index contributed by atoms with van der Waals surface area (Å²) in [5.41, 5.74) is 2.70. The molecule has 0 atom stereocenters. The van der Waals surface area contributed by atoms with Gasteiger partial charge >= 0.3 is 0 Å². The third-order valence-electron chi connectivity index (χ3n) is 3.16. The van der Waals surface area contributed by atoms with Gasteiger partial charge in [-0.05, 0) is 36.8 Å². The summed E-state index contributed by atoms with van der Waals surface area (Å²) in [5, 5.41) is 4.57. The van der Waals surface area contributed by atoms with Gasteiger partial charge < -0.3 is 5.32 Å². The van der Waals surface area contributed by atoms with Gasteiger partial charge in [-0.3, -0.25) is 4.57 Å². The van der Waals surface area contributed by atoms with E-state index in [0.29, 0.717) is 16.0 Å². The topological polar surface area (TPSA) is 29.9 Å². The Kier molecular flexibility index (Phi) is 3.86. The summed E-state index contributed by atoms with van der Waals surface area (Å²) in [4.78, 5) is 4.33. The number of rotatable bonds is 3. The second-order valence-corrected chi connectivity index (χ2v) is 5.48. The molecule has 2 aromatic carbocycles. The minimum absolute atomic E-state index is 0.631. The summed E-state index contributed by atoms with van der Waals surface area (Å²) < 4.78 is 1.88. The Balaban J connectivity index is 2.01. The fourth-order valence-corrected chi connectivity index (χ4v) is 2.53. The van der Waals surface area contributed by atoms with Crippen LogP contribution in [0.5, 0.6) is 0 Å². The molecule has 0 unspecified atom stereocenters. The average Bonchev–Trinajstić information content (AvgIpc) is 2.92. The molecular formula is C16H13Cl2N3. The Morgan fingerprint density at radius 1 is 1.05 bits per heavy atom. The molecule has 0 fully saturated rings. The quantitative estimate of drug-likeness (QED) is 0.716. The van der Waals surface area contributed by atoms with Gasteiger partial charge in [-0.15, -0.1) is 0 Å². The molecule has 0 spiro atoms. The number of halogens is 2. The van der Waals surface area contributed by atoms with Crippen molar-refractivity contribution in [3.8, 4) is 5.69 Å². The predicted octanol–water partition coefficient (Wildman–Crippen LogP) is 5.23. The molecule has 106 valence electrons. The van der Waals surface area contributed by atoms with E-state index in [4.69, 9.17) is 23.2 Å². The summed E-state index contributed by atoms with van der Waals surface area (Å²) in [6, 6.07) is 13.5. The maximum Gasteiger partial charge on any atom is 0.212 e. The molecule has 3 aromatic rings. The largest absolute Gasteiger partial charge is 0.325 e. The van der Waals surface area contributed by atoms with Gasteiger partial charge in [-0.2, -0.15) is 0 Å². The van der Waals surface area contributed by atoms with Crippen LogP contribution < -0.4 is 5.32 Å².